The van der Waals surface area contributed by atoms with Crippen molar-refractivity contribution < 1.29 is 9.90 Å². The summed E-state index contributed by atoms with van der Waals surface area (Å²) in [7, 11) is 1.77. The van der Waals surface area contributed by atoms with Crippen LogP contribution < -0.4 is 10.6 Å². The van der Waals surface area contributed by atoms with Crippen LogP contribution in [0, 0.1) is 0 Å². The number of aliphatic hydroxyl groups is 1. The highest BCUT2D eigenvalue weighted by atomic mass is 16.3. The van der Waals surface area contributed by atoms with Crippen molar-refractivity contribution >= 4 is 11.7 Å². The molecule has 2 amide bonds. The van der Waals surface area contributed by atoms with Gasteiger partial charge in [-0.25, -0.2) is 4.79 Å². The first kappa shape index (κ1) is 14.1. The standard InChI is InChI=1S/C14H18N4O2/c1-14(20,11-6-4-3-5-7-11)10-15-13(19)17-12-8-16-18(2)9-12/h3-9,20H,10H2,1-2H3,(H2,15,17,19). The smallest absolute Gasteiger partial charge is 0.319 e. The van der Waals surface area contributed by atoms with Gasteiger partial charge in [-0.3, -0.25) is 4.68 Å². The third-order valence-corrected chi connectivity index (χ3v) is 2.95. The first-order chi connectivity index (χ1) is 9.47. The number of carbonyl (C=O) groups is 1. The molecule has 0 fully saturated rings. The summed E-state index contributed by atoms with van der Waals surface area (Å²) in [6, 6.07) is 8.83. The van der Waals surface area contributed by atoms with Crippen molar-refractivity contribution in [3.63, 3.8) is 0 Å². The van der Waals surface area contributed by atoms with Crippen LogP contribution in [-0.2, 0) is 12.6 Å². The molecule has 0 radical (unpaired) electrons. The number of amides is 2. The largest absolute Gasteiger partial charge is 0.384 e. The molecule has 0 aliphatic heterocycles. The van der Waals surface area contributed by atoms with Crippen LogP contribution in [0.4, 0.5) is 10.5 Å². The molecule has 1 aromatic heterocycles. The molecule has 0 saturated carbocycles. The van der Waals surface area contributed by atoms with Gasteiger partial charge in [0, 0.05) is 13.2 Å². The van der Waals surface area contributed by atoms with E-state index in [0.717, 1.165) is 5.56 Å². The van der Waals surface area contributed by atoms with E-state index in [9.17, 15) is 9.90 Å². The molecule has 1 aromatic carbocycles. The molecule has 106 valence electrons. The van der Waals surface area contributed by atoms with Gasteiger partial charge in [0.05, 0.1) is 18.4 Å². The third kappa shape index (κ3) is 3.58. The summed E-state index contributed by atoms with van der Waals surface area (Å²) in [6.07, 6.45) is 3.24. The Kier molecular flexibility index (Phi) is 4.05. The fourth-order valence-corrected chi connectivity index (χ4v) is 1.81. The minimum absolute atomic E-state index is 0.114. The normalized spacial score (nSPS) is 13.6. The Balaban J connectivity index is 1.89. The number of rotatable bonds is 4. The average Bonchev–Trinajstić information content (AvgIpc) is 2.83. The van der Waals surface area contributed by atoms with Gasteiger partial charge in [-0.2, -0.15) is 5.10 Å². The molecule has 6 heteroatoms. The van der Waals surface area contributed by atoms with Gasteiger partial charge < -0.3 is 15.7 Å². The van der Waals surface area contributed by atoms with Crippen molar-refractivity contribution in [2.45, 2.75) is 12.5 Å². The van der Waals surface area contributed by atoms with Crippen LogP contribution in [0.5, 0.6) is 0 Å². The molecule has 3 N–H and O–H groups in total. The Bertz CT molecular complexity index is 578. The summed E-state index contributed by atoms with van der Waals surface area (Å²) in [4.78, 5) is 11.7. The molecule has 1 heterocycles. The Labute approximate surface area is 117 Å². The maximum atomic E-state index is 11.7. The zero-order valence-electron chi connectivity index (χ0n) is 11.5. The van der Waals surface area contributed by atoms with Gasteiger partial charge in [-0.05, 0) is 12.5 Å². The van der Waals surface area contributed by atoms with E-state index in [1.165, 1.54) is 0 Å². The van der Waals surface area contributed by atoms with Gasteiger partial charge >= 0.3 is 6.03 Å². The van der Waals surface area contributed by atoms with Crippen molar-refractivity contribution in [1.29, 1.82) is 0 Å². The number of nitrogens with one attached hydrogen (secondary N) is 2. The van der Waals surface area contributed by atoms with Gasteiger partial charge in [-0.15, -0.1) is 0 Å². The summed E-state index contributed by atoms with van der Waals surface area (Å²) in [5.41, 5.74) is 0.235. The molecule has 0 aliphatic rings. The minimum atomic E-state index is -1.12. The molecule has 0 spiro atoms. The molecule has 1 atom stereocenters. The van der Waals surface area contributed by atoms with Crippen LogP contribution in [-0.4, -0.2) is 27.5 Å². The van der Waals surface area contributed by atoms with E-state index < -0.39 is 5.60 Å². The van der Waals surface area contributed by atoms with Gasteiger partial charge in [0.15, 0.2) is 0 Å². The predicted octanol–water partition coefficient (Wildman–Crippen LogP) is 1.45. The lowest BCUT2D eigenvalue weighted by Gasteiger charge is -2.24. The lowest BCUT2D eigenvalue weighted by atomic mass is 9.96. The van der Waals surface area contributed by atoms with Crippen LogP contribution >= 0.6 is 0 Å². The van der Waals surface area contributed by atoms with E-state index in [4.69, 9.17) is 0 Å². The van der Waals surface area contributed by atoms with Crippen LogP contribution in [0.2, 0.25) is 0 Å². The Morgan fingerprint density at radius 1 is 1.40 bits per heavy atom. The fourth-order valence-electron chi connectivity index (χ4n) is 1.81. The lowest BCUT2D eigenvalue weighted by Crippen LogP contribution is -2.40. The van der Waals surface area contributed by atoms with Crippen LogP contribution in [0.3, 0.4) is 0 Å². The van der Waals surface area contributed by atoms with E-state index in [1.54, 1.807) is 31.0 Å². The second-order valence-corrected chi connectivity index (χ2v) is 4.85. The minimum Gasteiger partial charge on any atom is -0.384 e. The predicted molar refractivity (Wildman–Crippen MR) is 76.2 cm³/mol. The molecule has 2 aromatic rings. The number of urea groups is 1. The van der Waals surface area contributed by atoms with Gasteiger partial charge in [-0.1, -0.05) is 30.3 Å². The SMILES string of the molecule is Cn1cc(NC(=O)NCC(C)(O)c2ccccc2)cn1. The van der Waals surface area contributed by atoms with Crippen LogP contribution in [0.25, 0.3) is 0 Å². The summed E-state index contributed by atoms with van der Waals surface area (Å²) >= 11 is 0. The Morgan fingerprint density at radius 3 is 2.70 bits per heavy atom. The van der Waals surface area contributed by atoms with E-state index in [0.29, 0.717) is 5.69 Å². The fraction of sp³-hybridized carbons (Fsp3) is 0.286. The molecule has 20 heavy (non-hydrogen) atoms. The quantitative estimate of drug-likeness (QED) is 0.789. The van der Waals surface area contributed by atoms with E-state index >= 15 is 0 Å². The van der Waals surface area contributed by atoms with Gasteiger partial charge in [0.1, 0.15) is 5.60 Å². The number of benzene rings is 1. The number of aryl methyl sites for hydroxylation is 1. The van der Waals surface area contributed by atoms with Crippen molar-refractivity contribution in [3.05, 3.63) is 48.3 Å². The van der Waals surface area contributed by atoms with Crippen molar-refractivity contribution in [1.82, 2.24) is 15.1 Å². The number of carbonyl (C=O) groups excluding carboxylic acids is 1. The number of hydrogen-bond acceptors (Lipinski definition) is 3. The maximum absolute atomic E-state index is 11.7. The van der Waals surface area contributed by atoms with Gasteiger partial charge in [0.25, 0.3) is 0 Å². The second-order valence-electron chi connectivity index (χ2n) is 4.85. The van der Waals surface area contributed by atoms with E-state index in [-0.39, 0.29) is 12.6 Å². The van der Waals surface area contributed by atoms with Crippen LogP contribution in [0.15, 0.2) is 42.7 Å². The highest BCUT2D eigenvalue weighted by Crippen LogP contribution is 2.18. The summed E-state index contributed by atoms with van der Waals surface area (Å²) in [5, 5.41) is 19.6. The lowest BCUT2D eigenvalue weighted by molar-refractivity contribution is 0.0599. The zero-order valence-corrected chi connectivity index (χ0v) is 11.5. The zero-order chi connectivity index (χ0) is 14.6. The highest BCUT2D eigenvalue weighted by Gasteiger charge is 2.23. The number of hydrogen-bond donors (Lipinski definition) is 3. The summed E-state index contributed by atoms with van der Waals surface area (Å²) < 4.78 is 1.59. The average molecular weight is 274 g/mol. The third-order valence-electron chi connectivity index (χ3n) is 2.95. The highest BCUT2D eigenvalue weighted by molar-refractivity contribution is 5.88. The number of aromatic nitrogens is 2. The molecular formula is C14H18N4O2. The van der Waals surface area contributed by atoms with Crippen molar-refractivity contribution in [3.8, 4) is 0 Å². The summed E-state index contributed by atoms with van der Waals surface area (Å²) in [6.45, 7) is 1.77. The number of anilines is 1. The molecule has 1 unspecified atom stereocenters. The number of nitrogens with zero attached hydrogens (tertiary/aromatic N) is 2. The van der Waals surface area contributed by atoms with Crippen molar-refractivity contribution in [2.75, 3.05) is 11.9 Å². The Morgan fingerprint density at radius 2 is 2.10 bits per heavy atom. The van der Waals surface area contributed by atoms with E-state index in [1.807, 2.05) is 30.3 Å². The monoisotopic (exact) mass is 274 g/mol. The Hall–Kier alpha value is -2.34. The maximum Gasteiger partial charge on any atom is 0.319 e. The second kappa shape index (κ2) is 5.75. The molecular weight excluding hydrogens is 256 g/mol. The molecule has 0 bridgehead atoms. The molecule has 0 aliphatic carbocycles. The first-order valence-electron chi connectivity index (χ1n) is 6.29. The van der Waals surface area contributed by atoms with E-state index in [2.05, 4.69) is 15.7 Å². The first-order valence-corrected chi connectivity index (χ1v) is 6.29. The topological polar surface area (TPSA) is 79.2 Å². The molecule has 6 nitrogen and oxygen atoms in total. The molecule has 2 rings (SSSR count). The molecule has 0 saturated heterocycles. The summed E-state index contributed by atoms with van der Waals surface area (Å²) in [5.74, 6) is 0. The van der Waals surface area contributed by atoms with Crippen LogP contribution in [0.1, 0.15) is 12.5 Å². The van der Waals surface area contributed by atoms with Crippen molar-refractivity contribution in [2.24, 2.45) is 7.05 Å². The van der Waals surface area contributed by atoms with Gasteiger partial charge in [0.2, 0.25) is 0 Å².